The Kier molecular flexibility index (Phi) is 7.76. The van der Waals surface area contributed by atoms with Crippen LogP contribution in [-0.2, 0) is 11.3 Å². The number of aromatic nitrogens is 2. The normalized spacial score (nSPS) is 15.0. The van der Waals surface area contributed by atoms with Gasteiger partial charge in [0.05, 0.1) is 43.7 Å². The van der Waals surface area contributed by atoms with Gasteiger partial charge in [0, 0.05) is 42.1 Å². The van der Waals surface area contributed by atoms with Crippen molar-refractivity contribution in [3.63, 3.8) is 0 Å². The van der Waals surface area contributed by atoms with E-state index in [2.05, 4.69) is 11.1 Å². The first kappa shape index (κ1) is 25.9. The van der Waals surface area contributed by atoms with Crippen LogP contribution < -0.4 is 14.2 Å². The average molecular weight is 534 g/mol. The van der Waals surface area contributed by atoms with Crippen molar-refractivity contribution >= 4 is 28.1 Å². The number of thiazole rings is 1. The summed E-state index contributed by atoms with van der Waals surface area (Å²) in [6, 6.07) is 13.6. The van der Waals surface area contributed by atoms with E-state index in [-0.39, 0.29) is 12.0 Å². The molecule has 3 heterocycles. The molecular weight excluding hydrogens is 502 g/mol. The highest BCUT2D eigenvalue weighted by molar-refractivity contribution is 7.09. The number of fused-ring (bicyclic) bond motifs is 1. The molecule has 5 rings (SSSR count). The first-order valence-electron chi connectivity index (χ1n) is 12.5. The van der Waals surface area contributed by atoms with Gasteiger partial charge in [0.25, 0.3) is 5.91 Å². The third kappa shape index (κ3) is 5.44. The Labute approximate surface area is 226 Å². The minimum absolute atomic E-state index is 0.00303. The lowest BCUT2D eigenvalue weighted by atomic mass is 10.0. The Hall–Kier alpha value is -3.69. The molecule has 0 aliphatic carbocycles. The monoisotopic (exact) mass is 533 g/mol. The molecule has 2 aromatic heterocycles. The fourth-order valence-corrected chi connectivity index (χ4v) is 5.36. The summed E-state index contributed by atoms with van der Waals surface area (Å²) < 4.78 is 22.5. The van der Waals surface area contributed by atoms with E-state index in [0.29, 0.717) is 30.3 Å². The maximum absolute atomic E-state index is 13.7. The van der Waals surface area contributed by atoms with Crippen LogP contribution in [0.15, 0.2) is 47.8 Å². The summed E-state index contributed by atoms with van der Waals surface area (Å²) in [5.74, 6) is 1.83. The number of nitrogens with zero attached hydrogens (tertiary/aromatic N) is 3. The number of carbonyl (C=O) groups is 1. The van der Waals surface area contributed by atoms with Gasteiger partial charge in [0.15, 0.2) is 11.5 Å². The minimum Gasteiger partial charge on any atom is -0.497 e. The number of hydrogen-bond acceptors (Lipinski definition) is 8. The Bertz CT molecular complexity index is 1450. The number of benzene rings is 2. The van der Waals surface area contributed by atoms with Gasteiger partial charge < -0.3 is 23.8 Å². The number of amides is 1. The smallest absolute Gasteiger partial charge is 0.273 e. The van der Waals surface area contributed by atoms with Crippen molar-refractivity contribution in [2.24, 2.45) is 0 Å². The highest BCUT2D eigenvalue weighted by Gasteiger charge is 2.26. The van der Waals surface area contributed by atoms with E-state index in [0.717, 1.165) is 57.9 Å². The van der Waals surface area contributed by atoms with Gasteiger partial charge >= 0.3 is 0 Å². The van der Waals surface area contributed by atoms with E-state index in [1.165, 1.54) is 11.3 Å². The lowest BCUT2D eigenvalue weighted by molar-refractivity contribution is 0.0503. The van der Waals surface area contributed by atoms with Crippen LogP contribution >= 0.6 is 11.3 Å². The molecule has 9 heteroatoms. The van der Waals surface area contributed by atoms with Gasteiger partial charge in [0.2, 0.25) is 0 Å². The zero-order valence-electron chi connectivity index (χ0n) is 22.0. The molecule has 1 amide bonds. The molecule has 1 fully saturated rings. The van der Waals surface area contributed by atoms with Gasteiger partial charge in [-0.3, -0.25) is 4.79 Å². The van der Waals surface area contributed by atoms with Crippen LogP contribution in [0.1, 0.15) is 33.9 Å². The van der Waals surface area contributed by atoms with E-state index in [1.54, 1.807) is 21.3 Å². The van der Waals surface area contributed by atoms with Crippen molar-refractivity contribution in [3.05, 3.63) is 64.1 Å². The summed E-state index contributed by atoms with van der Waals surface area (Å²) in [6.45, 7) is 3.45. The molecule has 0 N–H and O–H groups in total. The van der Waals surface area contributed by atoms with E-state index < -0.39 is 0 Å². The lowest BCUT2D eigenvalue weighted by Crippen LogP contribution is -2.37. The molecule has 0 unspecified atom stereocenters. The summed E-state index contributed by atoms with van der Waals surface area (Å²) in [5.41, 5.74) is 3.77. The third-order valence-corrected chi connectivity index (χ3v) is 7.45. The summed E-state index contributed by atoms with van der Waals surface area (Å²) in [7, 11) is 4.86. The predicted octanol–water partition coefficient (Wildman–Crippen LogP) is 5.51. The van der Waals surface area contributed by atoms with E-state index >= 15 is 0 Å². The first-order chi connectivity index (χ1) is 18.5. The molecule has 0 saturated carbocycles. The molecule has 1 atom stereocenters. The first-order valence-corrected chi connectivity index (χ1v) is 13.4. The molecule has 198 valence electrons. The highest BCUT2D eigenvalue weighted by Crippen LogP contribution is 2.35. The predicted molar refractivity (Wildman–Crippen MR) is 147 cm³/mol. The summed E-state index contributed by atoms with van der Waals surface area (Å²) in [4.78, 5) is 25.0. The van der Waals surface area contributed by atoms with Crippen LogP contribution in [-0.4, -0.2) is 61.4 Å². The standard InChI is InChI=1S/C29H31N3O5S/c1-18-30-25(17-38-18)29(33)32(16-23-9-6-10-37-23)15-21-11-20-13-26(35-3)27(36-4)14-24(20)31-28(21)19-7-5-8-22(12-19)34-2/h5,7-8,11-14,17,23H,6,9-10,15-16H2,1-4H3/t23-/m1/s1. The van der Waals surface area contributed by atoms with Gasteiger partial charge in [-0.1, -0.05) is 12.1 Å². The molecule has 8 nitrogen and oxygen atoms in total. The Morgan fingerprint density at radius 2 is 1.89 bits per heavy atom. The molecule has 1 aliphatic heterocycles. The van der Waals surface area contributed by atoms with Crippen molar-refractivity contribution in [2.45, 2.75) is 32.4 Å². The molecular formula is C29H31N3O5S. The fraction of sp³-hybridized carbons (Fsp3) is 0.345. The molecule has 1 saturated heterocycles. The van der Waals surface area contributed by atoms with Crippen LogP contribution in [0.3, 0.4) is 0 Å². The molecule has 4 aromatic rings. The van der Waals surface area contributed by atoms with E-state index in [1.807, 2.05) is 53.6 Å². The van der Waals surface area contributed by atoms with Gasteiger partial charge in [-0.25, -0.2) is 9.97 Å². The molecule has 0 spiro atoms. The largest absolute Gasteiger partial charge is 0.497 e. The van der Waals surface area contributed by atoms with Crippen LogP contribution in [0.4, 0.5) is 0 Å². The Balaban J connectivity index is 1.62. The summed E-state index contributed by atoms with van der Waals surface area (Å²) >= 11 is 1.47. The summed E-state index contributed by atoms with van der Waals surface area (Å²) in [6.07, 6.45) is 1.92. The lowest BCUT2D eigenvalue weighted by Gasteiger charge is -2.26. The van der Waals surface area contributed by atoms with Crippen molar-refractivity contribution in [3.8, 4) is 28.5 Å². The van der Waals surface area contributed by atoms with E-state index in [9.17, 15) is 4.79 Å². The second-order valence-electron chi connectivity index (χ2n) is 9.20. The number of rotatable bonds is 9. The maximum atomic E-state index is 13.7. The van der Waals surface area contributed by atoms with Gasteiger partial charge in [-0.15, -0.1) is 11.3 Å². The van der Waals surface area contributed by atoms with Gasteiger partial charge in [-0.2, -0.15) is 0 Å². The van der Waals surface area contributed by atoms with Crippen LogP contribution in [0.5, 0.6) is 17.2 Å². The topological polar surface area (TPSA) is 83.0 Å². The second kappa shape index (κ2) is 11.4. The number of ether oxygens (including phenoxy) is 4. The van der Waals surface area contributed by atoms with E-state index in [4.69, 9.17) is 23.9 Å². The highest BCUT2D eigenvalue weighted by atomic mass is 32.1. The van der Waals surface area contributed by atoms with Gasteiger partial charge in [0.1, 0.15) is 11.4 Å². The zero-order valence-corrected chi connectivity index (χ0v) is 22.8. The molecule has 0 radical (unpaired) electrons. The molecule has 38 heavy (non-hydrogen) atoms. The minimum atomic E-state index is -0.117. The SMILES string of the molecule is COc1cccc(-c2nc3cc(OC)c(OC)cc3cc2CN(C[C@H]2CCCO2)C(=O)c2csc(C)n2)c1. The van der Waals surface area contributed by atoms with Crippen LogP contribution in [0.2, 0.25) is 0 Å². The van der Waals surface area contributed by atoms with Crippen LogP contribution in [0, 0.1) is 6.92 Å². The van der Waals surface area contributed by atoms with Gasteiger partial charge in [-0.05, 0) is 49.6 Å². The summed E-state index contributed by atoms with van der Waals surface area (Å²) in [5, 5.41) is 3.56. The number of carbonyl (C=O) groups excluding carboxylic acids is 1. The number of pyridine rings is 1. The second-order valence-corrected chi connectivity index (χ2v) is 10.3. The van der Waals surface area contributed by atoms with Crippen molar-refractivity contribution in [1.82, 2.24) is 14.9 Å². The quantitative estimate of drug-likeness (QED) is 0.280. The Morgan fingerprint density at radius 3 is 2.58 bits per heavy atom. The molecule has 2 aromatic carbocycles. The number of aryl methyl sites for hydroxylation is 1. The van der Waals surface area contributed by atoms with Crippen molar-refractivity contribution in [1.29, 1.82) is 0 Å². The van der Waals surface area contributed by atoms with Crippen molar-refractivity contribution in [2.75, 3.05) is 34.5 Å². The molecule has 0 bridgehead atoms. The fourth-order valence-electron chi connectivity index (χ4n) is 4.77. The third-order valence-electron chi connectivity index (χ3n) is 6.68. The average Bonchev–Trinajstić information content (AvgIpc) is 3.63. The maximum Gasteiger partial charge on any atom is 0.273 e. The Morgan fingerprint density at radius 1 is 1.08 bits per heavy atom. The molecule has 1 aliphatic rings. The van der Waals surface area contributed by atoms with Crippen LogP contribution in [0.25, 0.3) is 22.2 Å². The zero-order chi connectivity index (χ0) is 26.6. The number of methoxy groups -OCH3 is 3. The van der Waals surface area contributed by atoms with Crippen molar-refractivity contribution < 1.29 is 23.7 Å². The number of hydrogen-bond donors (Lipinski definition) is 0.